The van der Waals surface area contributed by atoms with Gasteiger partial charge in [0.2, 0.25) is 0 Å². The van der Waals surface area contributed by atoms with Crippen LogP contribution in [0.4, 0.5) is 4.79 Å². The van der Waals surface area contributed by atoms with E-state index in [0.717, 1.165) is 32.1 Å². The molecule has 94 valence electrons. The zero-order valence-corrected chi connectivity index (χ0v) is 10.3. The summed E-state index contributed by atoms with van der Waals surface area (Å²) in [5.41, 5.74) is 0. The van der Waals surface area contributed by atoms with Crippen LogP contribution in [0.2, 0.25) is 0 Å². The first-order valence-corrected chi connectivity index (χ1v) is 6.32. The number of aliphatic hydroxyl groups excluding tert-OH is 1. The molecule has 1 aliphatic carbocycles. The maximum Gasteiger partial charge on any atom is 0.410 e. The number of nitrogens with zero attached hydrogens (tertiary/aromatic N) is 1. The summed E-state index contributed by atoms with van der Waals surface area (Å²) in [7, 11) is 0. The van der Waals surface area contributed by atoms with Gasteiger partial charge in [0.05, 0.1) is 6.10 Å². The standard InChI is InChI=1S/C12H23NO3/c1-3-13(4-2)12(15)16-11-9-7-5-6-8-10(11)14/h10-11,14H,3-9H2,1-2H3/t10-,11+/m0/s1. The van der Waals surface area contributed by atoms with E-state index in [1.54, 1.807) is 4.90 Å². The minimum Gasteiger partial charge on any atom is -0.443 e. The Kier molecular flexibility index (Phi) is 5.60. The fourth-order valence-corrected chi connectivity index (χ4v) is 2.08. The van der Waals surface area contributed by atoms with Crippen LogP contribution >= 0.6 is 0 Å². The molecule has 4 heteroatoms. The Morgan fingerprint density at radius 3 is 2.50 bits per heavy atom. The van der Waals surface area contributed by atoms with Crippen LogP contribution in [-0.2, 0) is 4.74 Å². The summed E-state index contributed by atoms with van der Waals surface area (Å²) < 4.78 is 5.36. The van der Waals surface area contributed by atoms with Gasteiger partial charge in [-0.25, -0.2) is 4.79 Å². The summed E-state index contributed by atoms with van der Waals surface area (Å²) in [5, 5.41) is 9.83. The summed E-state index contributed by atoms with van der Waals surface area (Å²) in [4.78, 5) is 13.4. The van der Waals surface area contributed by atoms with Crippen molar-refractivity contribution in [3.63, 3.8) is 0 Å². The summed E-state index contributed by atoms with van der Waals surface area (Å²) in [6.07, 6.45) is 3.63. The lowest BCUT2D eigenvalue weighted by Gasteiger charge is -2.25. The number of ether oxygens (including phenoxy) is 1. The third kappa shape index (κ3) is 3.67. The number of carbonyl (C=O) groups is 1. The van der Waals surface area contributed by atoms with Gasteiger partial charge >= 0.3 is 6.09 Å². The Hall–Kier alpha value is -0.770. The molecule has 1 rings (SSSR count). The van der Waals surface area contributed by atoms with Crippen LogP contribution in [-0.4, -0.2) is 41.4 Å². The molecule has 2 atom stereocenters. The Balaban J connectivity index is 2.47. The number of hydrogen-bond acceptors (Lipinski definition) is 3. The van der Waals surface area contributed by atoms with E-state index in [2.05, 4.69) is 0 Å². The molecule has 0 spiro atoms. The van der Waals surface area contributed by atoms with Crippen molar-refractivity contribution in [2.45, 2.75) is 58.2 Å². The van der Waals surface area contributed by atoms with E-state index in [9.17, 15) is 9.90 Å². The molecule has 0 aliphatic heterocycles. The lowest BCUT2D eigenvalue weighted by molar-refractivity contribution is -0.0137. The first-order valence-electron chi connectivity index (χ1n) is 6.32. The molecular weight excluding hydrogens is 206 g/mol. The number of hydrogen-bond donors (Lipinski definition) is 1. The largest absolute Gasteiger partial charge is 0.443 e. The van der Waals surface area contributed by atoms with Gasteiger partial charge in [-0.05, 0) is 33.1 Å². The molecule has 0 aromatic rings. The van der Waals surface area contributed by atoms with Crippen LogP contribution in [0.15, 0.2) is 0 Å². The highest BCUT2D eigenvalue weighted by Gasteiger charge is 2.26. The van der Waals surface area contributed by atoms with Crippen molar-refractivity contribution in [3.05, 3.63) is 0 Å². The van der Waals surface area contributed by atoms with Gasteiger partial charge in [-0.15, -0.1) is 0 Å². The average Bonchev–Trinajstić information content (AvgIpc) is 2.46. The predicted octanol–water partition coefficient (Wildman–Crippen LogP) is 2.16. The molecule has 16 heavy (non-hydrogen) atoms. The smallest absolute Gasteiger partial charge is 0.410 e. The molecule has 0 radical (unpaired) electrons. The molecule has 1 saturated carbocycles. The van der Waals surface area contributed by atoms with Crippen LogP contribution in [0, 0.1) is 0 Å². The highest BCUT2D eigenvalue weighted by molar-refractivity contribution is 5.67. The molecule has 0 heterocycles. The predicted molar refractivity (Wildman–Crippen MR) is 62.3 cm³/mol. The second-order valence-corrected chi connectivity index (χ2v) is 4.30. The summed E-state index contributed by atoms with van der Waals surface area (Å²) in [6, 6.07) is 0. The molecule has 0 aromatic carbocycles. The van der Waals surface area contributed by atoms with E-state index in [1.165, 1.54) is 0 Å². The quantitative estimate of drug-likeness (QED) is 0.754. The van der Waals surface area contributed by atoms with Crippen LogP contribution in [0.5, 0.6) is 0 Å². The fraction of sp³-hybridized carbons (Fsp3) is 0.917. The monoisotopic (exact) mass is 229 g/mol. The normalized spacial score (nSPS) is 25.9. The Bertz CT molecular complexity index is 216. The first kappa shape index (κ1) is 13.3. The van der Waals surface area contributed by atoms with E-state index in [1.807, 2.05) is 13.8 Å². The second-order valence-electron chi connectivity index (χ2n) is 4.30. The van der Waals surface area contributed by atoms with E-state index in [0.29, 0.717) is 13.1 Å². The zero-order chi connectivity index (χ0) is 12.0. The Morgan fingerprint density at radius 2 is 1.88 bits per heavy atom. The van der Waals surface area contributed by atoms with Gasteiger partial charge in [-0.1, -0.05) is 12.8 Å². The van der Waals surface area contributed by atoms with Crippen molar-refractivity contribution in [1.82, 2.24) is 4.90 Å². The molecule has 1 fully saturated rings. The molecule has 1 N–H and O–H groups in total. The summed E-state index contributed by atoms with van der Waals surface area (Å²) >= 11 is 0. The Labute approximate surface area is 97.6 Å². The molecule has 1 aliphatic rings. The topological polar surface area (TPSA) is 49.8 Å². The van der Waals surface area contributed by atoms with Crippen LogP contribution < -0.4 is 0 Å². The van der Waals surface area contributed by atoms with E-state index in [-0.39, 0.29) is 12.2 Å². The summed E-state index contributed by atoms with van der Waals surface area (Å²) in [6.45, 7) is 5.15. The third-order valence-corrected chi connectivity index (χ3v) is 3.19. The zero-order valence-electron chi connectivity index (χ0n) is 10.3. The van der Waals surface area contributed by atoms with Crippen molar-refractivity contribution < 1.29 is 14.6 Å². The van der Waals surface area contributed by atoms with Crippen molar-refractivity contribution in [2.75, 3.05) is 13.1 Å². The summed E-state index contributed by atoms with van der Waals surface area (Å²) in [5.74, 6) is 0. The van der Waals surface area contributed by atoms with Gasteiger partial charge in [0.15, 0.2) is 0 Å². The fourth-order valence-electron chi connectivity index (χ4n) is 2.08. The number of aliphatic hydroxyl groups is 1. The van der Waals surface area contributed by atoms with Gasteiger partial charge in [-0.3, -0.25) is 0 Å². The lowest BCUT2D eigenvalue weighted by atomic mass is 10.1. The average molecular weight is 229 g/mol. The van der Waals surface area contributed by atoms with E-state index >= 15 is 0 Å². The SMILES string of the molecule is CCN(CC)C(=O)O[C@@H]1CCCCC[C@@H]1O. The van der Waals surface area contributed by atoms with Gasteiger partial charge in [0, 0.05) is 13.1 Å². The third-order valence-electron chi connectivity index (χ3n) is 3.19. The van der Waals surface area contributed by atoms with Crippen LogP contribution in [0.25, 0.3) is 0 Å². The van der Waals surface area contributed by atoms with Crippen LogP contribution in [0.1, 0.15) is 46.0 Å². The molecule has 4 nitrogen and oxygen atoms in total. The minimum atomic E-state index is -0.484. The second kappa shape index (κ2) is 6.74. The number of rotatable bonds is 3. The van der Waals surface area contributed by atoms with Gasteiger partial charge in [0.1, 0.15) is 6.10 Å². The maximum absolute atomic E-state index is 11.7. The highest BCUT2D eigenvalue weighted by Crippen LogP contribution is 2.21. The minimum absolute atomic E-state index is 0.295. The number of carbonyl (C=O) groups excluding carboxylic acids is 1. The number of amides is 1. The molecule has 0 unspecified atom stereocenters. The lowest BCUT2D eigenvalue weighted by Crippen LogP contribution is -2.38. The van der Waals surface area contributed by atoms with Gasteiger partial charge in [0.25, 0.3) is 0 Å². The van der Waals surface area contributed by atoms with Crippen LogP contribution in [0.3, 0.4) is 0 Å². The van der Waals surface area contributed by atoms with E-state index in [4.69, 9.17) is 4.74 Å². The maximum atomic E-state index is 11.7. The van der Waals surface area contributed by atoms with E-state index < -0.39 is 6.10 Å². The van der Waals surface area contributed by atoms with Gasteiger partial charge in [-0.2, -0.15) is 0 Å². The van der Waals surface area contributed by atoms with Crippen molar-refractivity contribution >= 4 is 6.09 Å². The first-order chi connectivity index (χ1) is 7.69. The molecule has 1 amide bonds. The highest BCUT2D eigenvalue weighted by atomic mass is 16.6. The molecule has 0 aromatic heterocycles. The van der Waals surface area contributed by atoms with Gasteiger partial charge < -0.3 is 14.7 Å². The molecule has 0 bridgehead atoms. The van der Waals surface area contributed by atoms with Crippen molar-refractivity contribution in [1.29, 1.82) is 0 Å². The van der Waals surface area contributed by atoms with Crippen molar-refractivity contribution in [2.24, 2.45) is 0 Å². The molecule has 0 saturated heterocycles. The van der Waals surface area contributed by atoms with Crippen molar-refractivity contribution in [3.8, 4) is 0 Å². The molecular formula is C12H23NO3. The Morgan fingerprint density at radius 1 is 1.25 bits per heavy atom.